The molecule has 0 unspecified atom stereocenters. The summed E-state index contributed by atoms with van der Waals surface area (Å²) in [5.41, 5.74) is 6.20. The maximum Gasteiger partial charge on any atom is 0.240 e. The highest BCUT2D eigenvalue weighted by molar-refractivity contribution is 7.89. The van der Waals surface area contributed by atoms with E-state index in [1.165, 1.54) is 67.2 Å². The number of aromatic amines is 1. The summed E-state index contributed by atoms with van der Waals surface area (Å²) in [5, 5.41) is 1.25. The van der Waals surface area contributed by atoms with Crippen molar-refractivity contribution in [3.63, 3.8) is 0 Å². The summed E-state index contributed by atoms with van der Waals surface area (Å²) in [4.78, 5) is 3.88. The van der Waals surface area contributed by atoms with E-state index in [9.17, 15) is 8.42 Å². The second-order valence-electron chi connectivity index (χ2n) is 8.90. The van der Waals surface area contributed by atoms with E-state index in [0.29, 0.717) is 17.4 Å². The Morgan fingerprint density at radius 1 is 0.900 bits per heavy atom. The number of H-pyrrole nitrogens is 1. The Hall–Kier alpha value is -2.11. The van der Waals surface area contributed by atoms with Gasteiger partial charge in [0.15, 0.2) is 0 Å². The first kappa shape index (κ1) is 19.8. The molecule has 30 heavy (non-hydrogen) atoms. The van der Waals surface area contributed by atoms with Crippen molar-refractivity contribution in [2.75, 3.05) is 0 Å². The summed E-state index contributed by atoms with van der Waals surface area (Å²) in [7, 11) is -3.52. The van der Waals surface area contributed by atoms with Gasteiger partial charge in [-0.25, -0.2) is 13.1 Å². The molecule has 3 aromatic rings. The predicted molar refractivity (Wildman–Crippen MR) is 121 cm³/mol. The molecule has 0 amide bonds. The first-order valence-corrected chi connectivity index (χ1v) is 12.8. The van der Waals surface area contributed by atoms with Crippen LogP contribution in [-0.4, -0.2) is 13.4 Å². The van der Waals surface area contributed by atoms with Crippen molar-refractivity contribution in [3.05, 3.63) is 64.8 Å². The average Bonchev–Trinajstić information content (AvgIpc) is 3.16. The molecule has 5 heteroatoms. The van der Waals surface area contributed by atoms with Crippen molar-refractivity contribution in [1.82, 2.24) is 9.71 Å². The van der Waals surface area contributed by atoms with Crippen molar-refractivity contribution in [2.24, 2.45) is 0 Å². The number of benzene rings is 2. The molecule has 4 nitrogen and oxygen atoms in total. The molecule has 5 rings (SSSR count). The summed E-state index contributed by atoms with van der Waals surface area (Å²) >= 11 is 0. The molecule has 0 aliphatic heterocycles. The topological polar surface area (TPSA) is 62.0 Å². The zero-order valence-corrected chi connectivity index (χ0v) is 18.2. The van der Waals surface area contributed by atoms with E-state index in [0.717, 1.165) is 23.9 Å². The van der Waals surface area contributed by atoms with Gasteiger partial charge in [-0.15, -0.1) is 0 Å². The average molecular weight is 423 g/mol. The molecular formula is C25H30N2O2S. The second kappa shape index (κ2) is 8.20. The number of sulfonamides is 1. The first-order valence-electron chi connectivity index (χ1n) is 11.3. The lowest BCUT2D eigenvalue weighted by molar-refractivity contribution is 0.443. The number of rotatable bonds is 5. The molecule has 2 aromatic carbocycles. The quantitative estimate of drug-likeness (QED) is 0.564. The minimum absolute atomic E-state index is 0.308. The minimum Gasteiger partial charge on any atom is -0.358 e. The molecule has 0 bridgehead atoms. The van der Waals surface area contributed by atoms with Gasteiger partial charge < -0.3 is 4.98 Å². The molecule has 0 spiro atoms. The largest absolute Gasteiger partial charge is 0.358 e. The van der Waals surface area contributed by atoms with Crippen LogP contribution >= 0.6 is 0 Å². The van der Waals surface area contributed by atoms with Crippen LogP contribution in [0.4, 0.5) is 0 Å². The van der Waals surface area contributed by atoms with Gasteiger partial charge in [-0.1, -0.05) is 37.5 Å². The first-order chi connectivity index (χ1) is 14.6. The Bertz CT molecular complexity index is 1140. The van der Waals surface area contributed by atoms with E-state index in [2.05, 4.69) is 21.8 Å². The Morgan fingerprint density at radius 2 is 1.67 bits per heavy atom. The number of hydrogen-bond donors (Lipinski definition) is 2. The molecule has 1 heterocycles. The zero-order valence-electron chi connectivity index (χ0n) is 17.4. The van der Waals surface area contributed by atoms with Crippen LogP contribution in [0.5, 0.6) is 0 Å². The van der Waals surface area contributed by atoms with Crippen LogP contribution in [0.25, 0.3) is 10.9 Å². The fourth-order valence-electron chi connectivity index (χ4n) is 5.18. The molecule has 1 saturated carbocycles. The van der Waals surface area contributed by atoms with Crippen LogP contribution in [0, 0.1) is 0 Å². The Balaban J connectivity index is 1.30. The molecule has 2 N–H and O–H groups in total. The smallest absolute Gasteiger partial charge is 0.240 e. The fourth-order valence-corrected chi connectivity index (χ4v) is 6.20. The van der Waals surface area contributed by atoms with Crippen LogP contribution in [-0.2, 0) is 29.4 Å². The fraction of sp³-hybridized carbons (Fsp3) is 0.440. The third-order valence-electron chi connectivity index (χ3n) is 6.90. The van der Waals surface area contributed by atoms with E-state index in [-0.39, 0.29) is 0 Å². The molecule has 1 aromatic heterocycles. The third-order valence-corrected chi connectivity index (χ3v) is 8.31. The van der Waals surface area contributed by atoms with Crippen molar-refractivity contribution in [3.8, 4) is 0 Å². The Labute approximate surface area is 179 Å². The molecule has 1 fully saturated rings. The highest BCUT2D eigenvalue weighted by Gasteiger charge is 2.19. The van der Waals surface area contributed by atoms with Gasteiger partial charge in [0.25, 0.3) is 0 Å². The van der Waals surface area contributed by atoms with Gasteiger partial charge in [0.1, 0.15) is 0 Å². The lowest BCUT2D eigenvalue weighted by Gasteiger charge is -2.22. The van der Waals surface area contributed by atoms with E-state index in [4.69, 9.17) is 0 Å². The van der Waals surface area contributed by atoms with Crippen molar-refractivity contribution < 1.29 is 8.42 Å². The number of hydrogen-bond acceptors (Lipinski definition) is 2. The molecule has 2 aliphatic rings. The molecule has 2 aliphatic carbocycles. The van der Waals surface area contributed by atoms with Gasteiger partial charge in [0.05, 0.1) is 4.90 Å². The third kappa shape index (κ3) is 3.93. The van der Waals surface area contributed by atoms with E-state index < -0.39 is 10.0 Å². The summed E-state index contributed by atoms with van der Waals surface area (Å²) in [5.74, 6) is 0.586. The molecule has 158 valence electrons. The van der Waals surface area contributed by atoms with Gasteiger partial charge in [-0.2, -0.15) is 0 Å². The molecule has 0 atom stereocenters. The van der Waals surface area contributed by atoms with E-state index in [1.54, 1.807) is 12.1 Å². The Morgan fingerprint density at radius 3 is 2.47 bits per heavy atom. The Kier molecular flexibility index (Phi) is 5.42. The molecule has 0 saturated heterocycles. The van der Waals surface area contributed by atoms with Gasteiger partial charge in [0.2, 0.25) is 10.0 Å². The number of aryl methyl sites for hydroxylation is 2. The highest BCUT2D eigenvalue weighted by Crippen LogP contribution is 2.33. The number of aromatic nitrogens is 1. The maximum absolute atomic E-state index is 12.8. The normalized spacial score (nSPS) is 17.9. The monoisotopic (exact) mass is 422 g/mol. The van der Waals surface area contributed by atoms with Crippen molar-refractivity contribution in [2.45, 2.75) is 75.1 Å². The molecule has 0 radical (unpaired) electrons. The summed E-state index contributed by atoms with van der Waals surface area (Å²) in [6.07, 6.45) is 11.0. The van der Waals surface area contributed by atoms with E-state index in [1.807, 2.05) is 18.2 Å². The van der Waals surface area contributed by atoms with Gasteiger partial charge in [-0.05, 0) is 85.4 Å². The second-order valence-corrected chi connectivity index (χ2v) is 10.7. The minimum atomic E-state index is -3.52. The summed E-state index contributed by atoms with van der Waals surface area (Å²) < 4.78 is 28.4. The van der Waals surface area contributed by atoms with Crippen LogP contribution in [0.2, 0.25) is 0 Å². The standard InChI is InChI=1S/C25H30N2O2S/c28-30(29,21-13-11-20(12-14-21)19-6-2-1-3-7-19)26-17-18-10-15-25-23(16-18)22-8-4-5-9-24(22)27-25/h10-16,19,26-27H,1-9,17H2. The van der Waals surface area contributed by atoms with Crippen LogP contribution in [0.1, 0.15) is 73.2 Å². The molecular weight excluding hydrogens is 392 g/mol. The number of fused-ring (bicyclic) bond motifs is 3. The van der Waals surface area contributed by atoms with Crippen LogP contribution in [0.15, 0.2) is 47.4 Å². The van der Waals surface area contributed by atoms with Crippen molar-refractivity contribution >= 4 is 20.9 Å². The van der Waals surface area contributed by atoms with Gasteiger partial charge in [0, 0.05) is 23.1 Å². The van der Waals surface area contributed by atoms with Crippen LogP contribution < -0.4 is 4.72 Å². The SMILES string of the molecule is O=S(=O)(NCc1ccc2[nH]c3c(c2c1)CCCC3)c1ccc(C2CCCCC2)cc1. The number of nitrogens with one attached hydrogen (secondary N) is 2. The van der Waals surface area contributed by atoms with Gasteiger partial charge >= 0.3 is 0 Å². The van der Waals surface area contributed by atoms with Crippen LogP contribution in [0.3, 0.4) is 0 Å². The predicted octanol–water partition coefficient (Wildman–Crippen LogP) is 5.57. The lowest BCUT2D eigenvalue weighted by atomic mass is 9.84. The summed E-state index contributed by atoms with van der Waals surface area (Å²) in [6.45, 7) is 0.308. The van der Waals surface area contributed by atoms with E-state index >= 15 is 0 Å². The highest BCUT2D eigenvalue weighted by atomic mass is 32.2. The maximum atomic E-state index is 12.8. The lowest BCUT2D eigenvalue weighted by Crippen LogP contribution is -2.23. The van der Waals surface area contributed by atoms with Crippen molar-refractivity contribution in [1.29, 1.82) is 0 Å². The van der Waals surface area contributed by atoms with Gasteiger partial charge in [-0.3, -0.25) is 0 Å². The zero-order chi connectivity index (χ0) is 20.6. The summed E-state index contributed by atoms with van der Waals surface area (Å²) in [6, 6.07) is 13.8.